The lowest BCUT2D eigenvalue weighted by Gasteiger charge is -2.03. The summed E-state index contributed by atoms with van der Waals surface area (Å²) >= 11 is 0. The summed E-state index contributed by atoms with van der Waals surface area (Å²) in [6.45, 7) is 0. The van der Waals surface area contributed by atoms with Gasteiger partial charge in [-0.25, -0.2) is 0 Å². The zero-order valence-corrected chi connectivity index (χ0v) is 7.79. The Morgan fingerprint density at radius 2 is 2.29 bits per heavy atom. The van der Waals surface area contributed by atoms with Gasteiger partial charge in [0.2, 0.25) is 0 Å². The summed E-state index contributed by atoms with van der Waals surface area (Å²) in [6, 6.07) is 5.66. The van der Waals surface area contributed by atoms with Crippen molar-refractivity contribution >= 4 is 16.7 Å². The zero-order chi connectivity index (χ0) is 10.1. The van der Waals surface area contributed by atoms with E-state index in [1.165, 1.54) is 0 Å². The normalized spacial score (nSPS) is 10.4. The van der Waals surface area contributed by atoms with Crippen molar-refractivity contribution in [3.8, 4) is 5.75 Å². The predicted molar refractivity (Wildman–Crippen MR) is 55.9 cm³/mol. The van der Waals surface area contributed by atoms with Gasteiger partial charge in [-0.2, -0.15) is 0 Å². The summed E-state index contributed by atoms with van der Waals surface area (Å²) in [6.07, 6.45) is 1.72. The number of methoxy groups -OCH3 is 1. The summed E-state index contributed by atoms with van der Waals surface area (Å²) in [4.78, 5) is 3.04. The van der Waals surface area contributed by atoms with Gasteiger partial charge in [-0.1, -0.05) is 6.07 Å². The van der Waals surface area contributed by atoms with Gasteiger partial charge in [0.15, 0.2) is 0 Å². The highest BCUT2D eigenvalue weighted by atomic mass is 16.5. The number of benzene rings is 1. The molecule has 2 aromatic rings. The number of nitrogens with two attached hydrogens (primary N) is 1. The standard InChI is InChI=1S/C10H11N3O/c1-14-8-4-2-3-7-9(8)6(5-13-7)10(11)12/h2-5,13H,1H3,(H3,11,12). The second kappa shape index (κ2) is 3.06. The number of H-pyrrole nitrogens is 1. The number of aromatic nitrogens is 1. The van der Waals surface area contributed by atoms with E-state index in [9.17, 15) is 0 Å². The fraction of sp³-hybridized carbons (Fsp3) is 0.100. The first-order valence-corrected chi connectivity index (χ1v) is 4.22. The molecule has 4 N–H and O–H groups in total. The van der Waals surface area contributed by atoms with Gasteiger partial charge in [0.25, 0.3) is 0 Å². The van der Waals surface area contributed by atoms with Gasteiger partial charge in [-0.3, -0.25) is 5.41 Å². The van der Waals surface area contributed by atoms with Crippen LogP contribution in [0.4, 0.5) is 0 Å². The molecule has 0 aliphatic carbocycles. The third-order valence-electron chi connectivity index (χ3n) is 2.18. The monoisotopic (exact) mass is 189 g/mol. The molecule has 0 radical (unpaired) electrons. The van der Waals surface area contributed by atoms with Crippen LogP contribution in [-0.4, -0.2) is 17.9 Å². The number of ether oxygens (including phenoxy) is 1. The molecule has 1 aromatic carbocycles. The Morgan fingerprint density at radius 1 is 1.50 bits per heavy atom. The molecule has 0 spiro atoms. The molecular formula is C10H11N3O. The van der Waals surface area contributed by atoms with Crippen molar-refractivity contribution in [2.75, 3.05) is 7.11 Å². The first-order valence-electron chi connectivity index (χ1n) is 4.22. The van der Waals surface area contributed by atoms with Crippen molar-refractivity contribution in [3.05, 3.63) is 30.0 Å². The summed E-state index contributed by atoms with van der Waals surface area (Å²) < 4.78 is 5.20. The molecule has 4 nitrogen and oxygen atoms in total. The molecule has 0 amide bonds. The molecule has 0 atom stereocenters. The lowest BCUT2D eigenvalue weighted by molar-refractivity contribution is 0.420. The first kappa shape index (κ1) is 8.62. The summed E-state index contributed by atoms with van der Waals surface area (Å²) in [5.74, 6) is 0.773. The van der Waals surface area contributed by atoms with Gasteiger partial charge < -0.3 is 15.5 Å². The fourth-order valence-corrected chi connectivity index (χ4v) is 1.53. The highest BCUT2D eigenvalue weighted by molar-refractivity contribution is 6.09. The minimum atomic E-state index is 0.0424. The Labute approximate surface area is 81.2 Å². The molecule has 14 heavy (non-hydrogen) atoms. The van der Waals surface area contributed by atoms with Crippen LogP contribution in [0.25, 0.3) is 10.9 Å². The lowest BCUT2D eigenvalue weighted by atomic mass is 10.1. The molecule has 1 aromatic heterocycles. The molecule has 0 saturated carbocycles. The lowest BCUT2D eigenvalue weighted by Crippen LogP contribution is -2.10. The number of hydrogen-bond acceptors (Lipinski definition) is 2. The average Bonchev–Trinajstić information content (AvgIpc) is 2.60. The third kappa shape index (κ3) is 1.12. The van der Waals surface area contributed by atoms with Crippen LogP contribution in [0, 0.1) is 5.41 Å². The molecule has 1 heterocycles. The zero-order valence-electron chi connectivity index (χ0n) is 7.79. The smallest absolute Gasteiger partial charge is 0.128 e. The van der Waals surface area contributed by atoms with Crippen LogP contribution in [0.15, 0.2) is 24.4 Å². The SMILES string of the molecule is COc1cccc2[nH]cc(C(=N)N)c12. The van der Waals surface area contributed by atoms with E-state index in [0.29, 0.717) is 5.56 Å². The molecular weight excluding hydrogens is 178 g/mol. The first-order chi connectivity index (χ1) is 6.74. The maximum absolute atomic E-state index is 7.41. The molecule has 72 valence electrons. The number of aromatic amines is 1. The Morgan fingerprint density at radius 3 is 2.93 bits per heavy atom. The Balaban J connectivity index is 2.81. The van der Waals surface area contributed by atoms with E-state index >= 15 is 0 Å². The van der Waals surface area contributed by atoms with Gasteiger partial charge in [-0.15, -0.1) is 0 Å². The minimum Gasteiger partial charge on any atom is -0.496 e. The molecule has 0 fully saturated rings. The largest absolute Gasteiger partial charge is 0.496 e. The third-order valence-corrected chi connectivity index (χ3v) is 2.18. The second-order valence-electron chi connectivity index (χ2n) is 3.00. The number of nitrogen functional groups attached to an aromatic ring is 1. The van der Waals surface area contributed by atoms with Crippen LogP contribution in [0.3, 0.4) is 0 Å². The average molecular weight is 189 g/mol. The van der Waals surface area contributed by atoms with Crippen molar-refractivity contribution in [1.82, 2.24) is 4.98 Å². The van der Waals surface area contributed by atoms with Crippen molar-refractivity contribution in [3.63, 3.8) is 0 Å². The van der Waals surface area contributed by atoms with Crippen LogP contribution in [-0.2, 0) is 0 Å². The maximum atomic E-state index is 7.41. The second-order valence-corrected chi connectivity index (χ2v) is 3.00. The van der Waals surface area contributed by atoms with Crippen LogP contribution in [0.2, 0.25) is 0 Å². The van der Waals surface area contributed by atoms with Gasteiger partial charge in [0.1, 0.15) is 11.6 Å². The maximum Gasteiger partial charge on any atom is 0.128 e. The Bertz CT molecular complexity index is 487. The minimum absolute atomic E-state index is 0.0424. The number of hydrogen-bond donors (Lipinski definition) is 3. The van der Waals surface area contributed by atoms with Crippen molar-refractivity contribution in [2.45, 2.75) is 0 Å². The Hall–Kier alpha value is -1.97. The van der Waals surface area contributed by atoms with Gasteiger partial charge >= 0.3 is 0 Å². The molecule has 0 unspecified atom stereocenters. The van der Waals surface area contributed by atoms with Crippen LogP contribution >= 0.6 is 0 Å². The van der Waals surface area contributed by atoms with Gasteiger partial charge in [0, 0.05) is 17.3 Å². The number of amidine groups is 1. The van der Waals surface area contributed by atoms with E-state index in [1.807, 2.05) is 18.2 Å². The Kier molecular flexibility index (Phi) is 1.89. The fourth-order valence-electron chi connectivity index (χ4n) is 1.53. The molecule has 0 aliphatic heterocycles. The van der Waals surface area contributed by atoms with Crippen molar-refractivity contribution < 1.29 is 4.74 Å². The summed E-state index contributed by atoms with van der Waals surface area (Å²) in [5.41, 5.74) is 7.06. The van der Waals surface area contributed by atoms with E-state index in [-0.39, 0.29) is 5.84 Å². The van der Waals surface area contributed by atoms with E-state index in [0.717, 1.165) is 16.7 Å². The highest BCUT2D eigenvalue weighted by Gasteiger charge is 2.10. The molecule has 4 heteroatoms. The predicted octanol–water partition coefficient (Wildman–Crippen LogP) is 1.46. The molecule has 2 rings (SSSR count). The molecule has 0 saturated heterocycles. The van der Waals surface area contributed by atoms with Crippen molar-refractivity contribution in [2.24, 2.45) is 5.73 Å². The highest BCUT2D eigenvalue weighted by Crippen LogP contribution is 2.27. The summed E-state index contributed by atoms with van der Waals surface area (Å²) in [5, 5.41) is 8.27. The van der Waals surface area contributed by atoms with E-state index in [1.54, 1.807) is 13.3 Å². The van der Waals surface area contributed by atoms with Gasteiger partial charge in [0.05, 0.1) is 12.5 Å². The van der Waals surface area contributed by atoms with Gasteiger partial charge in [-0.05, 0) is 12.1 Å². The topological polar surface area (TPSA) is 74.9 Å². The summed E-state index contributed by atoms with van der Waals surface area (Å²) in [7, 11) is 1.60. The number of fused-ring (bicyclic) bond motifs is 1. The van der Waals surface area contributed by atoms with Crippen LogP contribution in [0.1, 0.15) is 5.56 Å². The van der Waals surface area contributed by atoms with Crippen LogP contribution in [0.5, 0.6) is 5.75 Å². The number of nitrogens with one attached hydrogen (secondary N) is 2. The van der Waals surface area contributed by atoms with Crippen LogP contribution < -0.4 is 10.5 Å². The van der Waals surface area contributed by atoms with E-state index in [2.05, 4.69) is 4.98 Å². The van der Waals surface area contributed by atoms with E-state index < -0.39 is 0 Å². The molecule has 0 aliphatic rings. The van der Waals surface area contributed by atoms with Crippen molar-refractivity contribution in [1.29, 1.82) is 5.41 Å². The molecule has 0 bridgehead atoms. The quantitative estimate of drug-likeness (QED) is 0.494. The number of rotatable bonds is 2. The van der Waals surface area contributed by atoms with E-state index in [4.69, 9.17) is 15.9 Å².